The molecule has 1 fully saturated rings. The molecular weight excluding hydrogens is 334 g/mol. The fourth-order valence-corrected chi connectivity index (χ4v) is 3.61. The van der Waals surface area contributed by atoms with E-state index < -0.39 is 0 Å². The van der Waals surface area contributed by atoms with E-state index in [0.29, 0.717) is 16.9 Å². The molecule has 3 N–H and O–H groups in total. The Morgan fingerprint density at radius 1 is 1.08 bits per heavy atom. The lowest BCUT2D eigenvalue weighted by atomic mass is 10.1. The van der Waals surface area contributed by atoms with Crippen LogP contribution in [-0.4, -0.2) is 41.3 Å². The van der Waals surface area contributed by atoms with Crippen LogP contribution in [0, 0.1) is 0 Å². The first-order chi connectivity index (χ1) is 12.1. The standard InChI is InChI=1S/C19H21N3O2S/c20-16-6-4-14(5-7-16)12-18(23)21-17-3-1-2-15(13-17)19(24)22-8-10-25-11-9-22/h1-7,13H,8-12,20H2,(H,21,23). The zero-order valence-electron chi connectivity index (χ0n) is 13.9. The number of thioether (sulfide) groups is 1. The Labute approximate surface area is 151 Å². The highest BCUT2D eigenvalue weighted by Crippen LogP contribution is 2.17. The molecule has 2 aromatic rings. The highest BCUT2D eigenvalue weighted by atomic mass is 32.2. The molecule has 6 heteroatoms. The third kappa shape index (κ3) is 4.76. The van der Waals surface area contributed by atoms with Crippen LogP contribution < -0.4 is 11.1 Å². The van der Waals surface area contributed by atoms with Crippen molar-refractivity contribution in [2.75, 3.05) is 35.6 Å². The van der Waals surface area contributed by atoms with Crippen molar-refractivity contribution < 1.29 is 9.59 Å². The maximum atomic E-state index is 12.6. The van der Waals surface area contributed by atoms with E-state index in [-0.39, 0.29) is 18.2 Å². The summed E-state index contributed by atoms with van der Waals surface area (Å²) in [5, 5.41) is 2.86. The van der Waals surface area contributed by atoms with E-state index in [4.69, 9.17) is 5.73 Å². The average molecular weight is 355 g/mol. The van der Waals surface area contributed by atoms with E-state index in [1.54, 1.807) is 36.4 Å². The molecule has 2 aromatic carbocycles. The van der Waals surface area contributed by atoms with E-state index in [0.717, 1.165) is 30.2 Å². The van der Waals surface area contributed by atoms with E-state index in [1.807, 2.05) is 28.8 Å². The molecule has 130 valence electrons. The van der Waals surface area contributed by atoms with Gasteiger partial charge in [0.05, 0.1) is 6.42 Å². The number of amides is 2. The number of anilines is 2. The van der Waals surface area contributed by atoms with Crippen LogP contribution in [0.15, 0.2) is 48.5 Å². The molecule has 0 atom stereocenters. The van der Waals surface area contributed by atoms with Gasteiger partial charge in [-0.2, -0.15) is 11.8 Å². The van der Waals surface area contributed by atoms with Gasteiger partial charge in [0.15, 0.2) is 0 Å². The maximum Gasteiger partial charge on any atom is 0.253 e. The zero-order chi connectivity index (χ0) is 17.6. The predicted molar refractivity (Wildman–Crippen MR) is 103 cm³/mol. The van der Waals surface area contributed by atoms with Crippen molar-refractivity contribution in [3.8, 4) is 0 Å². The highest BCUT2D eigenvalue weighted by Gasteiger charge is 2.18. The summed E-state index contributed by atoms with van der Waals surface area (Å²) in [5.41, 5.74) is 8.46. The predicted octanol–water partition coefficient (Wildman–Crippen LogP) is 2.64. The molecule has 1 heterocycles. The van der Waals surface area contributed by atoms with Crippen molar-refractivity contribution in [2.24, 2.45) is 0 Å². The number of nitrogens with zero attached hydrogens (tertiary/aromatic N) is 1. The number of nitrogens with two attached hydrogens (primary N) is 1. The van der Waals surface area contributed by atoms with Crippen LogP contribution in [0.25, 0.3) is 0 Å². The summed E-state index contributed by atoms with van der Waals surface area (Å²) in [6.07, 6.45) is 0.266. The number of nitrogens with one attached hydrogen (secondary N) is 1. The molecule has 0 aliphatic carbocycles. The minimum absolute atomic E-state index is 0.0231. The van der Waals surface area contributed by atoms with Crippen LogP contribution in [0.4, 0.5) is 11.4 Å². The fourth-order valence-electron chi connectivity index (χ4n) is 2.71. The number of carbonyl (C=O) groups excluding carboxylic acids is 2. The number of benzene rings is 2. The molecular formula is C19H21N3O2S. The van der Waals surface area contributed by atoms with Gasteiger partial charge < -0.3 is 16.0 Å². The van der Waals surface area contributed by atoms with Gasteiger partial charge >= 0.3 is 0 Å². The van der Waals surface area contributed by atoms with Gasteiger partial charge in [0.1, 0.15) is 0 Å². The number of carbonyl (C=O) groups is 2. The Kier molecular flexibility index (Phi) is 5.60. The lowest BCUT2D eigenvalue weighted by Gasteiger charge is -2.26. The van der Waals surface area contributed by atoms with E-state index in [2.05, 4.69) is 5.32 Å². The summed E-state index contributed by atoms with van der Waals surface area (Å²) < 4.78 is 0. The minimum atomic E-state index is -0.122. The second-order valence-corrected chi connectivity index (χ2v) is 7.18. The van der Waals surface area contributed by atoms with Crippen LogP contribution >= 0.6 is 11.8 Å². The topological polar surface area (TPSA) is 75.4 Å². The quantitative estimate of drug-likeness (QED) is 0.827. The SMILES string of the molecule is Nc1ccc(CC(=O)Nc2cccc(C(=O)N3CCSCC3)c2)cc1. The number of nitrogen functional groups attached to an aromatic ring is 1. The molecule has 5 nitrogen and oxygen atoms in total. The van der Waals surface area contributed by atoms with Crippen LogP contribution in [-0.2, 0) is 11.2 Å². The van der Waals surface area contributed by atoms with Crippen molar-refractivity contribution in [2.45, 2.75) is 6.42 Å². The second kappa shape index (κ2) is 8.07. The molecule has 25 heavy (non-hydrogen) atoms. The Bertz CT molecular complexity index is 756. The van der Waals surface area contributed by atoms with Crippen molar-refractivity contribution >= 4 is 35.0 Å². The fraction of sp³-hybridized carbons (Fsp3) is 0.263. The normalized spacial score (nSPS) is 14.2. The largest absolute Gasteiger partial charge is 0.399 e. The Hall–Kier alpha value is -2.47. The van der Waals surface area contributed by atoms with Gasteiger partial charge in [0.2, 0.25) is 5.91 Å². The zero-order valence-corrected chi connectivity index (χ0v) is 14.7. The summed E-state index contributed by atoms with van der Waals surface area (Å²) in [6, 6.07) is 14.4. The molecule has 1 aliphatic heterocycles. The smallest absolute Gasteiger partial charge is 0.253 e. The van der Waals surface area contributed by atoms with Crippen LogP contribution in [0.1, 0.15) is 15.9 Å². The van der Waals surface area contributed by atoms with Crippen molar-refractivity contribution in [3.63, 3.8) is 0 Å². The Balaban J connectivity index is 1.63. The first-order valence-electron chi connectivity index (χ1n) is 8.23. The minimum Gasteiger partial charge on any atom is -0.399 e. The monoisotopic (exact) mass is 355 g/mol. The second-order valence-electron chi connectivity index (χ2n) is 5.95. The summed E-state index contributed by atoms with van der Waals surface area (Å²) in [6.45, 7) is 1.55. The molecule has 0 radical (unpaired) electrons. The van der Waals surface area contributed by atoms with Crippen molar-refractivity contribution in [3.05, 3.63) is 59.7 Å². The van der Waals surface area contributed by atoms with Gasteiger partial charge in [-0.3, -0.25) is 9.59 Å². The summed E-state index contributed by atoms with van der Waals surface area (Å²) >= 11 is 1.87. The Morgan fingerprint density at radius 3 is 2.52 bits per heavy atom. The van der Waals surface area contributed by atoms with Crippen LogP contribution in [0.5, 0.6) is 0 Å². The van der Waals surface area contributed by atoms with Crippen LogP contribution in [0.3, 0.4) is 0 Å². The molecule has 1 aliphatic rings. The third-order valence-electron chi connectivity index (χ3n) is 4.04. The van der Waals surface area contributed by atoms with Gasteiger partial charge in [0.25, 0.3) is 5.91 Å². The first-order valence-corrected chi connectivity index (χ1v) is 9.38. The Morgan fingerprint density at radius 2 is 1.80 bits per heavy atom. The number of hydrogen-bond donors (Lipinski definition) is 2. The van der Waals surface area contributed by atoms with Crippen molar-refractivity contribution in [1.82, 2.24) is 4.90 Å². The van der Waals surface area contributed by atoms with Gasteiger partial charge in [-0.15, -0.1) is 0 Å². The summed E-state index contributed by atoms with van der Waals surface area (Å²) in [4.78, 5) is 26.6. The first kappa shape index (κ1) is 17.4. The maximum absolute atomic E-state index is 12.6. The molecule has 0 aromatic heterocycles. The van der Waals surface area contributed by atoms with E-state index in [9.17, 15) is 9.59 Å². The average Bonchev–Trinajstić information content (AvgIpc) is 2.64. The molecule has 2 amide bonds. The number of hydrogen-bond acceptors (Lipinski definition) is 4. The van der Waals surface area contributed by atoms with Crippen molar-refractivity contribution in [1.29, 1.82) is 0 Å². The van der Waals surface area contributed by atoms with Gasteiger partial charge in [0, 0.05) is 41.5 Å². The van der Waals surface area contributed by atoms with E-state index >= 15 is 0 Å². The summed E-state index contributed by atoms with van der Waals surface area (Å²) in [7, 11) is 0. The lowest BCUT2D eigenvalue weighted by Crippen LogP contribution is -2.37. The van der Waals surface area contributed by atoms with Gasteiger partial charge in [-0.25, -0.2) is 0 Å². The molecule has 3 rings (SSSR count). The van der Waals surface area contributed by atoms with Gasteiger partial charge in [-0.05, 0) is 35.9 Å². The van der Waals surface area contributed by atoms with Gasteiger partial charge in [-0.1, -0.05) is 18.2 Å². The summed E-state index contributed by atoms with van der Waals surface area (Å²) in [5.74, 6) is 1.85. The molecule has 0 bridgehead atoms. The highest BCUT2D eigenvalue weighted by molar-refractivity contribution is 7.99. The lowest BCUT2D eigenvalue weighted by molar-refractivity contribution is -0.115. The van der Waals surface area contributed by atoms with E-state index in [1.165, 1.54) is 0 Å². The third-order valence-corrected chi connectivity index (χ3v) is 4.98. The molecule has 0 unspecified atom stereocenters. The molecule has 0 saturated carbocycles. The number of rotatable bonds is 4. The molecule has 1 saturated heterocycles. The van der Waals surface area contributed by atoms with Crippen LogP contribution in [0.2, 0.25) is 0 Å². The molecule has 0 spiro atoms.